The zero-order valence-corrected chi connectivity index (χ0v) is 23.1. The average molecular weight is 501 g/mol. The fourth-order valence-corrected chi connectivity index (χ4v) is 8.00. The van der Waals surface area contributed by atoms with Gasteiger partial charge in [0.1, 0.15) is 0 Å². The summed E-state index contributed by atoms with van der Waals surface area (Å²) >= 11 is 0. The molecule has 0 amide bonds. The number of aryl methyl sites for hydroxylation is 1. The minimum absolute atomic E-state index is 0.00776. The van der Waals surface area contributed by atoms with Crippen LogP contribution in [0.1, 0.15) is 54.2 Å². The van der Waals surface area contributed by atoms with E-state index in [2.05, 4.69) is 137 Å². The fourth-order valence-electron chi connectivity index (χ4n) is 8.00. The van der Waals surface area contributed by atoms with E-state index in [9.17, 15) is 0 Å². The van der Waals surface area contributed by atoms with E-state index < -0.39 is 0 Å². The zero-order chi connectivity index (χ0) is 26.5. The summed E-state index contributed by atoms with van der Waals surface area (Å²) in [5.74, 6) is 0. The highest BCUT2D eigenvalue weighted by Gasteiger charge is 2.44. The molecule has 0 bridgehead atoms. The lowest BCUT2D eigenvalue weighted by Gasteiger charge is -2.31. The van der Waals surface area contributed by atoms with Crippen LogP contribution in [0.2, 0.25) is 0 Å². The van der Waals surface area contributed by atoms with Gasteiger partial charge >= 0.3 is 0 Å². The monoisotopic (exact) mass is 500 g/mol. The van der Waals surface area contributed by atoms with Gasteiger partial charge in [0.05, 0.1) is 0 Å². The van der Waals surface area contributed by atoms with E-state index in [1.807, 2.05) is 0 Å². The van der Waals surface area contributed by atoms with Crippen molar-refractivity contribution in [3.05, 3.63) is 143 Å². The first-order valence-electron chi connectivity index (χ1n) is 14.2. The maximum atomic E-state index is 2.50. The van der Waals surface area contributed by atoms with Crippen LogP contribution < -0.4 is 0 Å². The highest BCUT2D eigenvalue weighted by molar-refractivity contribution is 6.18. The summed E-state index contributed by atoms with van der Waals surface area (Å²) in [5, 5.41) is 5.45. The normalized spacial score (nSPS) is 18.2. The molecule has 0 heteroatoms. The summed E-state index contributed by atoms with van der Waals surface area (Å²) in [5.41, 5.74) is 14.1. The zero-order valence-electron chi connectivity index (χ0n) is 23.1. The third-order valence-corrected chi connectivity index (χ3v) is 9.76. The van der Waals surface area contributed by atoms with Crippen LogP contribution in [0.15, 0.2) is 109 Å². The van der Waals surface area contributed by atoms with Crippen LogP contribution in [0, 0.1) is 6.92 Å². The van der Waals surface area contributed by atoms with Crippen molar-refractivity contribution >= 4 is 21.5 Å². The van der Waals surface area contributed by atoms with Gasteiger partial charge < -0.3 is 0 Å². The van der Waals surface area contributed by atoms with Crippen molar-refractivity contribution in [3.63, 3.8) is 0 Å². The molecular weight excluding hydrogens is 468 g/mol. The van der Waals surface area contributed by atoms with Crippen LogP contribution in [-0.4, -0.2) is 0 Å². The van der Waals surface area contributed by atoms with Crippen LogP contribution in [0.5, 0.6) is 0 Å². The van der Waals surface area contributed by atoms with Crippen molar-refractivity contribution in [2.75, 3.05) is 0 Å². The van der Waals surface area contributed by atoms with Gasteiger partial charge in [-0.15, -0.1) is 0 Å². The molecule has 0 aliphatic heterocycles. The second-order valence-electron chi connectivity index (χ2n) is 12.4. The predicted octanol–water partition coefficient (Wildman–Crippen LogP) is 10.1. The number of rotatable bonds is 2. The van der Waals surface area contributed by atoms with Gasteiger partial charge in [0.25, 0.3) is 0 Å². The highest BCUT2D eigenvalue weighted by Crippen LogP contribution is 2.57. The second-order valence-corrected chi connectivity index (χ2v) is 12.4. The van der Waals surface area contributed by atoms with Gasteiger partial charge in [-0.3, -0.25) is 0 Å². The van der Waals surface area contributed by atoms with Gasteiger partial charge in [-0.25, -0.2) is 0 Å². The Hall–Kier alpha value is -4.16. The molecule has 0 heterocycles. The molecular formula is C39H32. The number of benzene rings is 6. The maximum absolute atomic E-state index is 2.50. The molecule has 0 nitrogen and oxygen atoms in total. The van der Waals surface area contributed by atoms with Crippen molar-refractivity contribution in [2.45, 2.75) is 44.9 Å². The van der Waals surface area contributed by atoms with Crippen molar-refractivity contribution in [2.24, 2.45) is 0 Å². The molecule has 0 radical (unpaired) electrons. The molecule has 0 saturated heterocycles. The first kappa shape index (κ1) is 22.8. The summed E-state index contributed by atoms with van der Waals surface area (Å²) in [6.07, 6.45) is 0.965. The Morgan fingerprint density at radius 3 is 1.92 bits per heavy atom. The minimum atomic E-state index is -0.156. The van der Waals surface area contributed by atoms with E-state index in [0.717, 1.165) is 6.42 Å². The SMILES string of the molecule is Cc1ccc2c(c1)C(C)(Cc1cccc3c1-c1ccccc1C3(C)C)c1c-2c2ccccc2c2ccccc12. The summed E-state index contributed by atoms with van der Waals surface area (Å²) in [7, 11) is 0. The van der Waals surface area contributed by atoms with E-state index in [0.29, 0.717) is 0 Å². The Labute approximate surface area is 231 Å². The van der Waals surface area contributed by atoms with E-state index in [4.69, 9.17) is 0 Å². The standard InChI is InChI=1S/C39H32/c1-24-20-21-31-34(22-24)39(4,37-29-16-8-6-14-27(29)26-13-5-7-15-28(26)36(31)37)23-25-12-11-19-33-35(25)30-17-9-10-18-32(30)38(33,2)3/h5-22H,23H2,1-4H3. The van der Waals surface area contributed by atoms with Crippen LogP contribution in [0.25, 0.3) is 43.8 Å². The minimum Gasteiger partial charge on any atom is -0.0619 e. The van der Waals surface area contributed by atoms with Gasteiger partial charge in [0, 0.05) is 10.8 Å². The summed E-state index contributed by atoms with van der Waals surface area (Å²) in [6, 6.07) is 41.3. The fraction of sp³-hybridized carbons (Fsp3) is 0.179. The van der Waals surface area contributed by atoms with Crippen LogP contribution in [0.3, 0.4) is 0 Å². The van der Waals surface area contributed by atoms with E-state index in [-0.39, 0.29) is 10.8 Å². The van der Waals surface area contributed by atoms with Gasteiger partial charge in [-0.2, -0.15) is 0 Å². The van der Waals surface area contributed by atoms with E-state index in [1.54, 1.807) is 0 Å². The Morgan fingerprint density at radius 2 is 1.13 bits per heavy atom. The maximum Gasteiger partial charge on any atom is 0.0234 e. The van der Waals surface area contributed by atoms with Crippen molar-refractivity contribution < 1.29 is 0 Å². The summed E-state index contributed by atoms with van der Waals surface area (Å²) in [6.45, 7) is 9.50. The lowest BCUT2D eigenvalue weighted by atomic mass is 9.72. The molecule has 0 spiro atoms. The Bertz CT molecular complexity index is 1990. The molecule has 0 saturated carbocycles. The average Bonchev–Trinajstić information content (AvgIpc) is 3.35. The smallest absolute Gasteiger partial charge is 0.0234 e. The molecule has 1 unspecified atom stereocenters. The molecule has 2 aliphatic carbocycles. The van der Waals surface area contributed by atoms with Gasteiger partial charge in [0.2, 0.25) is 0 Å². The number of fused-ring (bicyclic) bond motifs is 11. The first-order valence-corrected chi connectivity index (χ1v) is 14.2. The first-order chi connectivity index (χ1) is 18.9. The van der Waals surface area contributed by atoms with Crippen LogP contribution >= 0.6 is 0 Å². The van der Waals surface area contributed by atoms with E-state index >= 15 is 0 Å². The molecule has 188 valence electrons. The van der Waals surface area contributed by atoms with Crippen molar-refractivity contribution in [1.29, 1.82) is 0 Å². The molecule has 39 heavy (non-hydrogen) atoms. The molecule has 0 N–H and O–H groups in total. The number of hydrogen-bond acceptors (Lipinski definition) is 0. The Morgan fingerprint density at radius 1 is 0.513 bits per heavy atom. The summed E-state index contributed by atoms with van der Waals surface area (Å²) in [4.78, 5) is 0. The predicted molar refractivity (Wildman–Crippen MR) is 166 cm³/mol. The lowest BCUT2D eigenvalue weighted by molar-refractivity contribution is 0.587. The molecule has 0 aromatic heterocycles. The van der Waals surface area contributed by atoms with Gasteiger partial charge in [-0.05, 0) is 85.0 Å². The molecule has 8 rings (SSSR count). The van der Waals surface area contributed by atoms with Gasteiger partial charge in [0.15, 0.2) is 0 Å². The molecule has 6 aromatic rings. The van der Waals surface area contributed by atoms with Gasteiger partial charge in [-0.1, -0.05) is 136 Å². The highest BCUT2D eigenvalue weighted by atomic mass is 14.5. The lowest BCUT2D eigenvalue weighted by Crippen LogP contribution is -2.25. The number of hydrogen-bond donors (Lipinski definition) is 0. The summed E-state index contributed by atoms with van der Waals surface area (Å²) < 4.78 is 0. The van der Waals surface area contributed by atoms with Crippen molar-refractivity contribution in [3.8, 4) is 22.3 Å². The second kappa shape index (κ2) is 7.70. The molecule has 1 atom stereocenters. The molecule has 0 fully saturated rings. The van der Waals surface area contributed by atoms with Crippen LogP contribution in [-0.2, 0) is 17.3 Å². The quantitative estimate of drug-likeness (QED) is 0.207. The van der Waals surface area contributed by atoms with Crippen LogP contribution in [0.4, 0.5) is 0 Å². The topological polar surface area (TPSA) is 0 Å². The largest absolute Gasteiger partial charge is 0.0619 e. The van der Waals surface area contributed by atoms with E-state index in [1.165, 1.54) is 77.2 Å². The third kappa shape index (κ3) is 2.90. The Kier molecular flexibility index (Phi) is 4.50. The molecule has 6 aromatic carbocycles. The third-order valence-electron chi connectivity index (χ3n) is 9.76. The Balaban J connectivity index is 1.46. The van der Waals surface area contributed by atoms with Crippen molar-refractivity contribution in [1.82, 2.24) is 0 Å². The molecule has 2 aliphatic rings.